The lowest BCUT2D eigenvalue weighted by Gasteiger charge is -2.20. The molecule has 0 spiro atoms. The van der Waals surface area contributed by atoms with E-state index in [1.807, 2.05) is 7.05 Å². The molecular weight excluding hydrogens is 470 g/mol. The van der Waals surface area contributed by atoms with E-state index < -0.39 is 23.8 Å². The zero-order valence-electron chi connectivity index (χ0n) is 17.5. The summed E-state index contributed by atoms with van der Waals surface area (Å²) >= 11 is 7.10. The van der Waals surface area contributed by atoms with Gasteiger partial charge in [0.15, 0.2) is 11.4 Å². The summed E-state index contributed by atoms with van der Waals surface area (Å²) in [5.41, 5.74) is 0.931. The Morgan fingerprint density at radius 3 is 2.85 bits per heavy atom. The van der Waals surface area contributed by atoms with Crippen molar-refractivity contribution in [1.82, 2.24) is 30.5 Å². The van der Waals surface area contributed by atoms with E-state index in [9.17, 15) is 14.4 Å². The van der Waals surface area contributed by atoms with Gasteiger partial charge >= 0.3 is 11.8 Å². The van der Waals surface area contributed by atoms with Gasteiger partial charge < -0.3 is 25.3 Å². The summed E-state index contributed by atoms with van der Waals surface area (Å²) < 4.78 is 5.30. The number of carbonyl (C=O) groups is 3. The minimum atomic E-state index is -0.913. The van der Waals surface area contributed by atoms with Gasteiger partial charge in [0.05, 0.1) is 16.9 Å². The Bertz CT molecular complexity index is 1150. The van der Waals surface area contributed by atoms with Crippen LogP contribution >= 0.6 is 22.9 Å². The van der Waals surface area contributed by atoms with Crippen molar-refractivity contribution in [3.63, 3.8) is 0 Å². The van der Waals surface area contributed by atoms with E-state index >= 15 is 0 Å². The monoisotopic (exact) mass is 489 g/mol. The van der Waals surface area contributed by atoms with Crippen LogP contribution in [0.3, 0.4) is 0 Å². The molecule has 0 fully saturated rings. The molecule has 0 bridgehead atoms. The number of amides is 3. The van der Waals surface area contributed by atoms with Crippen LogP contribution in [-0.4, -0.2) is 57.7 Å². The van der Waals surface area contributed by atoms with Gasteiger partial charge in [-0.25, -0.2) is 15.0 Å². The van der Waals surface area contributed by atoms with Crippen molar-refractivity contribution in [3.8, 4) is 0 Å². The first-order chi connectivity index (χ1) is 15.9. The van der Waals surface area contributed by atoms with Crippen molar-refractivity contribution in [3.05, 3.63) is 57.3 Å². The second-order valence-corrected chi connectivity index (χ2v) is 8.85. The Morgan fingerprint density at radius 2 is 2.12 bits per heavy atom. The standard InChI is InChI=1S/C20H20ClN7O4S/c1-28-5-4-12-15(9-28)33-20(26-12)19(31)25-13(14-8-22-10-32-14)7-24-17(29)18(30)27-16-3-2-11(21)6-23-16/h2-3,6,8,10,13H,4-5,7,9H2,1H3,(H,24,29)(H,25,31)(H,23,27,30)/t13-/m0/s1. The van der Waals surface area contributed by atoms with Crippen LogP contribution in [-0.2, 0) is 22.6 Å². The number of pyridine rings is 1. The molecule has 3 N–H and O–H groups in total. The van der Waals surface area contributed by atoms with Crippen molar-refractivity contribution < 1.29 is 18.8 Å². The summed E-state index contributed by atoms with van der Waals surface area (Å²) in [7, 11) is 2.02. The number of hydrogen-bond acceptors (Lipinski definition) is 9. The molecule has 13 heteroatoms. The highest BCUT2D eigenvalue weighted by molar-refractivity contribution is 7.13. The molecule has 0 unspecified atom stereocenters. The zero-order chi connectivity index (χ0) is 23.4. The van der Waals surface area contributed by atoms with Crippen LogP contribution in [0.4, 0.5) is 5.82 Å². The van der Waals surface area contributed by atoms with Crippen LogP contribution in [0.1, 0.15) is 32.2 Å². The molecule has 0 radical (unpaired) electrons. The topological polar surface area (TPSA) is 142 Å². The maximum Gasteiger partial charge on any atom is 0.314 e. The Morgan fingerprint density at radius 1 is 1.27 bits per heavy atom. The lowest BCUT2D eigenvalue weighted by atomic mass is 10.2. The van der Waals surface area contributed by atoms with Crippen LogP contribution in [0.2, 0.25) is 5.02 Å². The third kappa shape index (κ3) is 5.72. The highest BCUT2D eigenvalue weighted by atomic mass is 35.5. The largest absolute Gasteiger partial charge is 0.446 e. The summed E-state index contributed by atoms with van der Waals surface area (Å²) in [5.74, 6) is -1.72. The van der Waals surface area contributed by atoms with E-state index in [4.69, 9.17) is 16.0 Å². The first-order valence-electron chi connectivity index (χ1n) is 9.96. The van der Waals surface area contributed by atoms with Gasteiger partial charge in [0, 0.05) is 37.1 Å². The van der Waals surface area contributed by atoms with Crippen LogP contribution in [0, 0.1) is 0 Å². The number of anilines is 1. The van der Waals surface area contributed by atoms with Gasteiger partial charge in [0.1, 0.15) is 17.6 Å². The van der Waals surface area contributed by atoms with E-state index in [1.165, 1.54) is 42.3 Å². The number of rotatable bonds is 6. The summed E-state index contributed by atoms with van der Waals surface area (Å²) in [6.07, 6.45) is 4.78. The molecule has 0 saturated heterocycles. The fraction of sp³-hybridized carbons (Fsp3) is 0.300. The van der Waals surface area contributed by atoms with Gasteiger partial charge in [-0.15, -0.1) is 11.3 Å². The van der Waals surface area contributed by atoms with Gasteiger partial charge in [0.25, 0.3) is 5.91 Å². The SMILES string of the molecule is CN1CCc2nc(C(=O)N[C@@H](CNC(=O)C(=O)Nc3ccc(Cl)cn3)c3cnco3)sc2C1. The third-order valence-electron chi connectivity index (χ3n) is 4.86. The molecule has 3 aromatic rings. The molecule has 3 amide bonds. The highest BCUT2D eigenvalue weighted by Gasteiger charge is 2.25. The molecule has 0 saturated carbocycles. The second-order valence-electron chi connectivity index (χ2n) is 7.33. The molecule has 4 heterocycles. The van der Waals surface area contributed by atoms with Crippen LogP contribution < -0.4 is 16.0 Å². The summed E-state index contributed by atoms with van der Waals surface area (Å²) in [6.45, 7) is 1.53. The smallest absolute Gasteiger partial charge is 0.314 e. The molecule has 1 aliphatic rings. The van der Waals surface area contributed by atoms with Crippen LogP contribution in [0.5, 0.6) is 0 Å². The maximum atomic E-state index is 12.8. The van der Waals surface area contributed by atoms with Crippen LogP contribution in [0.15, 0.2) is 35.3 Å². The zero-order valence-corrected chi connectivity index (χ0v) is 19.1. The average Bonchev–Trinajstić information content (AvgIpc) is 3.47. The molecule has 4 rings (SSSR count). The number of nitrogens with one attached hydrogen (secondary N) is 3. The molecule has 0 aromatic carbocycles. The summed E-state index contributed by atoms with van der Waals surface area (Å²) in [4.78, 5) is 52.7. The Labute approximate surface area is 197 Å². The van der Waals surface area contributed by atoms with Crippen LogP contribution in [0.25, 0.3) is 0 Å². The first kappa shape index (κ1) is 22.8. The minimum absolute atomic E-state index is 0.102. The summed E-state index contributed by atoms with van der Waals surface area (Å²) in [5, 5.41) is 8.38. The van der Waals surface area contributed by atoms with Crippen molar-refractivity contribution >= 4 is 46.5 Å². The van der Waals surface area contributed by atoms with E-state index in [0.29, 0.717) is 15.8 Å². The van der Waals surface area contributed by atoms with E-state index in [-0.39, 0.29) is 12.4 Å². The number of fused-ring (bicyclic) bond motifs is 1. The van der Waals surface area contributed by atoms with Gasteiger partial charge in [-0.2, -0.15) is 0 Å². The molecule has 11 nitrogen and oxygen atoms in total. The number of oxazole rings is 1. The fourth-order valence-corrected chi connectivity index (χ4v) is 4.36. The van der Waals surface area contributed by atoms with Gasteiger partial charge in [-0.05, 0) is 19.2 Å². The molecule has 1 atom stereocenters. The second kappa shape index (κ2) is 10.1. The van der Waals surface area contributed by atoms with Crippen molar-refractivity contribution in [2.45, 2.75) is 19.0 Å². The number of carbonyl (C=O) groups excluding carboxylic acids is 3. The summed E-state index contributed by atoms with van der Waals surface area (Å²) in [6, 6.07) is 2.25. The lowest BCUT2D eigenvalue weighted by Crippen LogP contribution is -2.42. The molecule has 172 valence electrons. The fourth-order valence-electron chi connectivity index (χ4n) is 3.16. The average molecular weight is 490 g/mol. The number of likely N-dealkylation sites (N-methyl/N-ethyl adjacent to an activating group) is 1. The van der Waals surface area contributed by atoms with Gasteiger partial charge in [-0.3, -0.25) is 14.4 Å². The molecule has 3 aromatic heterocycles. The number of hydrogen-bond donors (Lipinski definition) is 3. The molecule has 0 aliphatic carbocycles. The Balaban J connectivity index is 1.38. The van der Waals surface area contributed by atoms with E-state index in [2.05, 4.69) is 35.8 Å². The van der Waals surface area contributed by atoms with Crippen molar-refractivity contribution in [1.29, 1.82) is 0 Å². The van der Waals surface area contributed by atoms with Crippen molar-refractivity contribution in [2.75, 3.05) is 25.5 Å². The Kier molecular flexibility index (Phi) is 6.96. The highest BCUT2D eigenvalue weighted by Crippen LogP contribution is 2.25. The minimum Gasteiger partial charge on any atom is -0.446 e. The van der Waals surface area contributed by atoms with E-state index in [1.54, 1.807) is 0 Å². The van der Waals surface area contributed by atoms with Gasteiger partial charge in [-0.1, -0.05) is 11.6 Å². The number of halogens is 1. The molecular formula is C20H20ClN7O4S. The number of aromatic nitrogens is 3. The molecule has 33 heavy (non-hydrogen) atoms. The normalized spacial score (nSPS) is 14.2. The number of thiazole rings is 1. The first-order valence-corrected chi connectivity index (χ1v) is 11.2. The quantitative estimate of drug-likeness (QED) is 0.441. The predicted molar refractivity (Wildman–Crippen MR) is 120 cm³/mol. The van der Waals surface area contributed by atoms with Gasteiger partial charge in [0.2, 0.25) is 0 Å². The maximum absolute atomic E-state index is 12.8. The predicted octanol–water partition coefficient (Wildman–Crippen LogP) is 1.39. The lowest BCUT2D eigenvalue weighted by molar-refractivity contribution is -0.136. The van der Waals surface area contributed by atoms with Crippen molar-refractivity contribution in [2.24, 2.45) is 0 Å². The third-order valence-corrected chi connectivity index (χ3v) is 6.16. The molecule has 1 aliphatic heterocycles. The Hall–Kier alpha value is -3.35. The van der Waals surface area contributed by atoms with E-state index in [0.717, 1.165) is 30.1 Å². The number of nitrogens with zero attached hydrogens (tertiary/aromatic N) is 4.